The van der Waals surface area contributed by atoms with E-state index in [1.54, 1.807) is 38.1 Å². The minimum atomic E-state index is -3.54. The van der Waals surface area contributed by atoms with Crippen LogP contribution in [0.2, 0.25) is 0 Å². The van der Waals surface area contributed by atoms with Crippen molar-refractivity contribution in [3.63, 3.8) is 0 Å². The summed E-state index contributed by atoms with van der Waals surface area (Å²) >= 11 is 0. The zero-order valence-corrected chi connectivity index (χ0v) is 11.7. The molecule has 0 radical (unpaired) electrons. The molecule has 0 aromatic heterocycles. The number of amides is 1. The van der Waals surface area contributed by atoms with Gasteiger partial charge in [0.2, 0.25) is 0 Å². The maximum atomic E-state index is 12.5. The summed E-state index contributed by atoms with van der Waals surface area (Å²) in [5, 5.41) is 2.51. The van der Waals surface area contributed by atoms with E-state index in [2.05, 4.69) is 5.32 Å². The molecule has 1 aliphatic heterocycles. The third-order valence-corrected chi connectivity index (χ3v) is 4.58. The molecule has 104 valence electrons. The van der Waals surface area contributed by atoms with Crippen LogP contribution >= 0.6 is 7.60 Å². The monoisotopic (exact) mass is 285 g/mol. The molecule has 1 amide bonds. The standard InChI is InChI=1S/C12H16NO5P/c1-3-16-19(15,17-4-2)12-13-11(14)9-7-5-6-8-10(9)18-12/h5-8,12H,3-4H2,1-2H3,(H,13,14). The van der Waals surface area contributed by atoms with Gasteiger partial charge in [-0.15, -0.1) is 0 Å². The quantitative estimate of drug-likeness (QED) is 0.841. The first-order valence-corrected chi connectivity index (χ1v) is 7.67. The molecule has 6 nitrogen and oxygen atoms in total. The number of nitrogens with one attached hydrogen (secondary N) is 1. The molecule has 1 N–H and O–H groups in total. The predicted octanol–water partition coefficient (Wildman–Crippen LogP) is 2.36. The number of hydrogen-bond acceptors (Lipinski definition) is 5. The predicted molar refractivity (Wildman–Crippen MR) is 69.2 cm³/mol. The van der Waals surface area contributed by atoms with E-state index in [4.69, 9.17) is 13.8 Å². The molecular formula is C12H16NO5P. The number of carbonyl (C=O) groups excluding carboxylic acids is 1. The van der Waals surface area contributed by atoms with Crippen LogP contribution in [0.1, 0.15) is 24.2 Å². The van der Waals surface area contributed by atoms with Crippen molar-refractivity contribution in [3.05, 3.63) is 29.8 Å². The van der Waals surface area contributed by atoms with Crippen molar-refractivity contribution in [3.8, 4) is 5.75 Å². The van der Waals surface area contributed by atoms with Crippen LogP contribution in [0.4, 0.5) is 0 Å². The molecule has 0 spiro atoms. The van der Waals surface area contributed by atoms with Gasteiger partial charge in [0.15, 0.2) is 0 Å². The maximum absolute atomic E-state index is 12.5. The van der Waals surface area contributed by atoms with Crippen LogP contribution < -0.4 is 10.1 Å². The van der Waals surface area contributed by atoms with Gasteiger partial charge in [0.05, 0.1) is 18.8 Å². The average Bonchev–Trinajstić information content (AvgIpc) is 2.39. The Bertz CT molecular complexity index is 509. The maximum Gasteiger partial charge on any atom is 0.391 e. The number of benzene rings is 1. The number of para-hydroxylation sites is 1. The van der Waals surface area contributed by atoms with E-state index in [-0.39, 0.29) is 19.1 Å². The molecule has 0 fully saturated rings. The van der Waals surface area contributed by atoms with Crippen molar-refractivity contribution in [2.45, 2.75) is 19.8 Å². The molecule has 1 atom stereocenters. The third-order valence-electron chi connectivity index (χ3n) is 2.53. The molecule has 1 heterocycles. The fraction of sp³-hybridized carbons (Fsp3) is 0.417. The first-order chi connectivity index (χ1) is 9.10. The van der Waals surface area contributed by atoms with Crippen LogP contribution in [0.15, 0.2) is 24.3 Å². The summed E-state index contributed by atoms with van der Waals surface area (Å²) in [6.07, 6.45) is 0. The van der Waals surface area contributed by atoms with Gasteiger partial charge >= 0.3 is 7.60 Å². The number of fused-ring (bicyclic) bond motifs is 1. The van der Waals surface area contributed by atoms with Crippen molar-refractivity contribution in [1.29, 1.82) is 0 Å². The van der Waals surface area contributed by atoms with Gasteiger partial charge in [-0.05, 0) is 26.0 Å². The second-order valence-electron chi connectivity index (χ2n) is 3.82. The molecular weight excluding hydrogens is 269 g/mol. The van der Waals surface area contributed by atoms with Crippen molar-refractivity contribution in [1.82, 2.24) is 5.32 Å². The Morgan fingerprint density at radius 3 is 2.53 bits per heavy atom. The topological polar surface area (TPSA) is 73.9 Å². The van der Waals surface area contributed by atoms with E-state index < -0.39 is 13.6 Å². The molecule has 2 rings (SSSR count). The number of carbonyl (C=O) groups is 1. The van der Waals surface area contributed by atoms with Gasteiger partial charge in [0, 0.05) is 0 Å². The highest BCUT2D eigenvalue weighted by Gasteiger charge is 2.42. The molecule has 0 bridgehead atoms. The van der Waals surface area contributed by atoms with Gasteiger partial charge < -0.3 is 19.1 Å². The Kier molecular flexibility index (Phi) is 4.24. The summed E-state index contributed by atoms with van der Waals surface area (Å²) in [7, 11) is -3.54. The van der Waals surface area contributed by atoms with Gasteiger partial charge in [0.1, 0.15) is 5.75 Å². The van der Waals surface area contributed by atoms with E-state index >= 15 is 0 Å². The number of hydrogen-bond donors (Lipinski definition) is 1. The fourth-order valence-corrected chi connectivity index (χ4v) is 3.36. The summed E-state index contributed by atoms with van der Waals surface area (Å²) < 4.78 is 28.4. The lowest BCUT2D eigenvalue weighted by Crippen LogP contribution is -2.43. The molecule has 1 aromatic carbocycles. The first-order valence-electron chi connectivity index (χ1n) is 6.06. The Morgan fingerprint density at radius 1 is 1.26 bits per heavy atom. The Hall–Kier alpha value is -1.36. The van der Waals surface area contributed by atoms with Crippen LogP contribution in [0.3, 0.4) is 0 Å². The van der Waals surface area contributed by atoms with Crippen LogP contribution in [0, 0.1) is 0 Å². The normalized spacial score (nSPS) is 18.4. The smallest absolute Gasteiger partial charge is 0.391 e. The summed E-state index contributed by atoms with van der Waals surface area (Å²) in [6.45, 7) is 3.80. The van der Waals surface area contributed by atoms with Crippen molar-refractivity contribution in [2.24, 2.45) is 0 Å². The van der Waals surface area contributed by atoms with Crippen LogP contribution in [0.25, 0.3) is 0 Å². The second kappa shape index (κ2) is 5.74. The molecule has 0 saturated heterocycles. The van der Waals surface area contributed by atoms with E-state index in [0.717, 1.165) is 0 Å². The summed E-state index contributed by atoms with van der Waals surface area (Å²) in [4.78, 5) is 11.9. The SMILES string of the molecule is CCOP(=O)(OCC)C1NC(=O)c2ccccc2O1. The molecule has 1 aliphatic rings. The molecule has 0 saturated carbocycles. The molecule has 7 heteroatoms. The Balaban J connectivity index is 2.28. The Labute approximate surface area is 111 Å². The summed E-state index contributed by atoms with van der Waals surface area (Å²) in [5.41, 5.74) is 0.401. The van der Waals surface area contributed by atoms with Gasteiger partial charge in [-0.25, -0.2) is 0 Å². The number of rotatable bonds is 5. The highest BCUT2D eigenvalue weighted by atomic mass is 31.2. The second-order valence-corrected chi connectivity index (χ2v) is 5.88. The van der Waals surface area contributed by atoms with E-state index in [0.29, 0.717) is 11.3 Å². The molecule has 19 heavy (non-hydrogen) atoms. The zero-order valence-electron chi connectivity index (χ0n) is 10.8. The van der Waals surface area contributed by atoms with Crippen molar-refractivity contribution < 1.29 is 23.1 Å². The fourth-order valence-electron chi connectivity index (χ4n) is 1.77. The molecule has 1 aromatic rings. The van der Waals surface area contributed by atoms with Crippen molar-refractivity contribution >= 4 is 13.5 Å². The van der Waals surface area contributed by atoms with Gasteiger partial charge in [0.25, 0.3) is 11.9 Å². The lowest BCUT2D eigenvalue weighted by molar-refractivity contribution is 0.0787. The van der Waals surface area contributed by atoms with Gasteiger partial charge in [-0.3, -0.25) is 9.36 Å². The van der Waals surface area contributed by atoms with Crippen molar-refractivity contribution in [2.75, 3.05) is 13.2 Å². The summed E-state index contributed by atoms with van der Waals surface area (Å²) in [6, 6.07) is 6.74. The number of ether oxygens (including phenoxy) is 1. The van der Waals surface area contributed by atoms with Gasteiger partial charge in [-0.2, -0.15) is 0 Å². The Morgan fingerprint density at radius 2 is 1.89 bits per heavy atom. The summed E-state index contributed by atoms with van der Waals surface area (Å²) in [5.74, 6) is -1.10. The molecule has 0 aliphatic carbocycles. The first kappa shape index (κ1) is 14.1. The van der Waals surface area contributed by atoms with E-state index in [9.17, 15) is 9.36 Å². The highest BCUT2D eigenvalue weighted by molar-refractivity contribution is 7.54. The lowest BCUT2D eigenvalue weighted by atomic mass is 10.2. The van der Waals surface area contributed by atoms with Crippen LogP contribution in [0.5, 0.6) is 5.75 Å². The van der Waals surface area contributed by atoms with Gasteiger partial charge in [-0.1, -0.05) is 12.1 Å². The van der Waals surface area contributed by atoms with E-state index in [1.165, 1.54) is 0 Å². The minimum Gasteiger partial charge on any atom is -0.457 e. The van der Waals surface area contributed by atoms with Crippen LogP contribution in [-0.4, -0.2) is 25.1 Å². The molecule has 1 unspecified atom stereocenters. The largest absolute Gasteiger partial charge is 0.457 e. The third kappa shape index (κ3) is 2.81. The highest BCUT2D eigenvalue weighted by Crippen LogP contribution is 2.53. The average molecular weight is 285 g/mol. The minimum absolute atomic E-state index is 0.203. The van der Waals surface area contributed by atoms with Crippen LogP contribution in [-0.2, 0) is 13.6 Å². The zero-order chi connectivity index (χ0) is 13.9. The lowest BCUT2D eigenvalue weighted by Gasteiger charge is -2.31. The van der Waals surface area contributed by atoms with E-state index in [1.807, 2.05) is 0 Å².